The molecule has 2 aromatic heterocycles. The molecule has 11 heteroatoms. The molecule has 34 heavy (non-hydrogen) atoms. The van der Waals surface area contributed by atoms with Gasteiger partial charge in [0, 0.05) is 35.4 Å². The van der Waals surface area contributed by atoms with Crippen LogP contribution in [0.3, 0.4) is 0 Å². The number of nitrogens with two attached hydrogens (primary N) is 2. The molecular formula is C23H27N9O2. The van der Waals surface area contributed by atoms with Crippen LogP contribution in [0.25, 0.3) is 16.7 Å². The number of nitrogens with one attached hydrogen (secondary N) is 1. The highest BCUT2D eigenvalue weighted by Gasteiger charge is 2.16. The lowest BCUT2D eigenvalue weighted by atomic mass is 10.1. The number of aryl methyl sites for hydroxylation is 1. The minimum atomic E-state index is -0.518. The van der Waals surface area contributed by atoms with Crippen LogP contribution < -0.4 is 16.8 Å². The topological polar surface area (TPSA) is 169 Å². The molecule has 1 atom stereocenters. The fourth-order valence-electron chi connectivity index (χ4n) is 3.17. The lowest BCUT2D eigenvalue weighted by Crippen LogP contribution is -2.18. The number of aliphatic hydroxyl groups is 1. The fourth-order valence-corrected chi connectivity index (χ4v) is 3.17. The number of carbonyl (C=O) groups is 1. The Morgan fingerprint density at radius 2 is 2.09 bits per heavy atom. The van der Waals surface area contributed by atoms with Gasteiger partial charge in [0.1, 0.15) is 0 Å². The summed E-state index contributed by atoms with van der Waals surface area (Å²) in [6.07, 6.45) is 5.80. The van der Waals surface area contributed by atoms with Gasteiger partial charge in [-0.2, -0.15) is 10.2 Å². The highest BCUT2D eigenvalue weighted by molar-refractivity contribution is 6.25. The van der Waals surface area contributed by atoms with Gasteiger partial charge in [0.05, 0.1) is 37.2 Å². The quantitative estimate of drug-likeness (QED) is 0.132. The predicted octanol–water partition coefficient (Wildman–Crippen LogP) is 2.27. The number of hydrogen-bond donors (Lipinski definition) is 4. The summed E-state index contributed by atoms with van der Waals surface area (Å²) in [7, 11) is 1.49. The van der Waals surface area contributed by atoms with Crippen molar-refractivity contribution >= 4 is 23.0 Å². The minimum absolute atomic E-state index is 0.168. The Morgan fingerprint density at radius 1 is 1.29 bits per heavy atom. The van der Waals surface area contributed by atoms with E-state index in [1.165, 1.54) is 13.2 Å². The summed E-state index contributed by atoms with van der Waals surface area (Å²) in [6, 6.07) is 8.85. The maximum atomic E-state index is 13.1. The predicted molar refractivity (Wildman–Crippen MR) is 131 cm³/mol. The summed E-state index contributed by atoms with van der Waals surface area (Å²) in [4.78, 5) is 17.4. The molecule has 176 valence electrons. The van der Waals surface area contributed by atoms with Crippen molar-refractivity contribution in [3.63, 3.8) is 0 Å². The zero-order chi connectivity index (χ0) is 24.7. The molecule has 0 bridgehead atoms. The summed E-state index contributed by atoms with van der Waals surface area (Å²) in [6.45, 7) is 3.93. The number of benzene rings is 1. The van der Waals surface area contributed by atoms with Crippen molar-refractivity contribution in [3.8, 4) is 11.1 Å². The van der Waals surface area contributed by atoms with Gasteiger partial charge in [0.25, 0.3) is 5.91 Å². The van der Waals surface area contributed by atoms with Crippen LogP contribution in [0.2, 0.25) is 0 Å². The zero-order valence-corrected chi connectivity index (χ0v) is 19.2. The number of aliphatic hydroxyl groups excluding tert-OH is 1. The van der Waals surface area contributed by atoms with Gasteiger partial charge in [-0.05, 0) is 48.4 Å². The smallest absolute Gasteiger partial charge is 0.259 e. The first kappa shape index (κ1) is 24.3. The van der Waals surface area contributed by atoms with E-state index in [0.29, 0.717) is 23.5 Å². The second-order valence-electron chi connectivity index (χ2n) is 7.57. The summed E-state index contributed by atoms with van der Waals surface area (Å²) >= 11 is 0. The Morgan fingerprint density at radius 3 is 2.79 bits per heavy atom. The molecule has 2 heterocycles. The second-order valence-corrected chi connectivity index (χ2v) is 7.57. The number of amidine groups is 1. The van der Waals surface area contributed by atoms with Crippen molar-refractivity contribution in [3.05, 3.63) is 71.9 Å². The summed E-state index contributed by atoms with van der Waals surface area (Å²) < 4.78 is 1.65. The van der Waals surface area contributed by atoms with E-state index >= 15 is 0 Å². The van der Waals surface area contributed by atoms with E-state index in [-0.39, 0.29) is 11.4 Å². The Kier molecular flexibility index (Phi) is 7.83. The van der Waals surface area contributed by atoms with E-state index in [1.807, 2.05) is 25.3 Å². The number of pyridine rings is 1. The molecule has 0 spiro atoms. The third-order valence-electron chi connectivity index (χ3n) is 4.89. The van der Waals surface area contributed by atoms with Crippen molar-refractivity contribution in [1.82, 2.24) is 14.8 Å². The van der Waals surface area contributed by atoms with Gasteiger partial charge < -0.3 is 21.9 Å². The largest absolute Gasteiger partial charge is 0.404 e. The van der Waals surface area contributed by atoms with Crippen molar-refractivity contribution in [1.29, 1.82) is 0 Å². The van der Waals surface area contributed by atoms with Crippen molar-refractivity contribution < 1.29 is 9.90 Å². The Labute approximate surface area is 196 Å². The molecule has 0 radical (unpaired) electrons. The van der Waals surface area contributed by atoms with Crippen molar-refractivity contribution in [2.24, 2.45) is 26.9 Å². The third kappa shape index (κ3) is 5.90. The SMILES string of the molecule is CN=N/N=C(\N)c1ccc(C)c(NC(=O)/C(=C/N)c2cc(-c3cnn(CC(C)O)c3)ccn2)c1. The lowest BCUT2D eigenvalue weighted by Gasteiger charge is -2.12. The van der Waals surface area contributed by atoms with Crippen LogP contribution in [-0.4, -0.2) is 44.8 Å². The van der Waals surface area contributed by atoms with Crippen LogP contribution in [0.4, 0.5) is 5.69 Å². The van der Waals surface area contributed by atoms with Gasteiger partial charge in [0.15, 0.2) is 5.84 Å². The number of hydrogen-bond acceptors (Lipinski definition) is 7. The molecular weight excluding hydrogens is 434 g/mol. The maximum absolute atomic E-state index is 13.1. The average Bonchev–Trinajstić information content (AvgIpc) is 3.27. The molecule has 0 saturated heterocycles. The number of carbonyl (C=O) groups excluding carboxylic acids is 1. The minimum Gasteiger partial charge on any atom is -0.404 e. The molecule has 0 aliphatic heterocycles. The van der Waals surface area contributed by atoms with Gasteiger partial charge >= 0.3 is 0 Å². The van der Waals surface area contributed by atoms with E-state index in [1.54, 1.807) is 42.2 Å². The highest BCUT2D eigenvalue weighted by atomic mass is 16.3. The molecule has 1 amide bonds. The first-order valence-corrected chi connectivity index (χ1v) is 10.5. The van der Waals surface area contributed by atoms with Crippen LogP contribution in [0.5, 0.6) is 0 Å². The number of anilines is 1. The lowest BCUT2D eigenvalue weighted by molar-refractivity contribution is -0.111. The van der Waals surface area contributed by atoms with Gasteiger partial charge in [-0.1, -0.05) is 12.1 Å². The molecule has 0 aliphatic rings. The fraction of sp³-hybridized carbons (Fsp3) is 0.217. The number of amides is 1. The highest BCUT2D eigenvalue weighted by Crippen LogP contribution is 2.24. The van der Waals surface area contributed by atoms with Gasteiger partial charge in [-0.15, -0.1) is 5.10 Å². The van der Waals surface area contributed by atoms with Crippen LogP contribution in [-0.2, 0) is 11.3 Å². The first-order valence-electron chi connectivity index (χ1n) is 10.5. The van der Waals surface area contributed by atoms with Gasteiger partial charge in [0.2, 0.25) is 0 Å². The van der Waals surface area contributed by atoms with Crippen LogP contribution in [0, 0.1) is 6.92 Å². The molecule has 11 nitrogen and oxygen atoms in total. The monoisotopic (exact) mass is 461 g/mol. The second kappa shape index (κ2) is 11.0. The molecule has 6 N–H and O–H groups in total. The zero-order valence-electron chi connectivity index (χ0n) is 19.2. The van der Waals surface area contributed by atoms with E-state index in [0.717, 1.165) is 16.7 Å². The van der Waals surface area contributed by atoms with Crippen LogP contribution >= 0.6 is 0 Å². The number of rotatable bonds is 8. The van der Waals surface area contributed by atoms with Gasteiger partial charge in [-0.3, -0.25) is 14.5 Å². The van der Waals surface area contributed by atoms with Crippen molar-refractivity contribution in [2.45, 2.75) is 26.5 Å². The van der Waals surface area contributed by atoms with Gasteiger partial charge in [-0.25, -0.2) is 0 Å². The summed E-state index contributed by atoms with van der Waals surface area (Å²) in [5.41, 5.74) is 15.9. The van der Waals surface area contributed by atoms with Crippen LogP contribution in [0.15, 0.2) is 70.6 Å². The van der Waals surface area contributed by atoms with Crippen LogP contribution in [0.1, 0.15) is 23.7 Å². The molecule has 1 unspecified atom stereocenters. The van der Waals surface area contributed by atoms with E-state index < -0.39 is 12.0 Å². The molecule has 3 rings (SSSR count). The first-order chi connectivity index (χ1) is 16.3. The molecule has 0 aliphatic carbocycles. The van der Waals surface area contributed by atoms with E-state index in [2.05, 4.69) is 30.8 Å². The maximum Gasteiger partial charge on any atom is 0.259 e. The summed E-state index contributed by atoms with van der Waals surface area (Å²) in [5.74, 6) is -0.262. The Bertz CT molecular complexity index is 1260. The number of nitrogens with zero attached hydrogens (tertiary/aromatic N) is 6. The standard InChI is InChI=1S/C23H27N9O2/c1-14-4-5-17(22(25)30-31-26-3)9-20(14)29-23(34)19(10-24)21-8-16(6-7-27-21)18-11-28-32(13-18)12-15(2)33/h4-11,13,15,33H,12,24H2,1-3H3,(H,29,34)(H2,25,26,30)/b19-10+. The molecule has 0 fully saturated rings. The van der Waals surface area contributed by atoms with E-state index in [4.69, 9.17) is 11.5 Å². The summed E-state index contributed by atoms with van der Waals surface area (Å²) in [5, 5.41) is 27.6. The molecule has 3 aromatic rings. The Balaban J connectivity index is 1.85. The Hall–Kier alpha value is -4.38. The van der Waals surface area contributed by atoms with Crippen molar-refractivity contribution in [2.75, 3.05) is 12.4 Å². The average molecular weight is 462 g/mol. The molecule has 1 aromatic carbocycles. The normalized spacial score (nSPS) is 13.3. The third-order valence-corrected chi connectivity index (χ3v) is 4.89. The molecule has 0 saturated carbocycles. The van der Waals surface area contributed by atoms with E-state index in [9.17, 15) is 9.90 Å². The number of aromatic nitrogens is 3.